The van der Waals surface area contributed by atoms with E-state index in [2.05, 4.69) is 23.2 Å². The van der Waals surface area contributed by atoms with E-state index in [1.165, 1.54) is 5.39 Å². The van der Waals surface area contributed by atoms with Gasteiger partial charge in [0.25, 0.3) is 0 Å². The highest BCUT2D eigenvalue weighted by Gasteiger charge is 2.12. The number of nitrogens with zero attached hydrogens (tertiary/aromatic N) is 2. The molecule has 0 saturated carbocycles. The van der Waals surface area contributed by atoms with Gasteiger partial charge in [-0.1, -0.05) is 18.2 Å². The predicted molar refractivity (Wildman–Crippen MR) is 66.5 cm³/mol. The molecule has 0 bridgehead atoms. The van der Waals surface area contributed by atoms with Gasteiger partial charge < -0.3 is 22.1 Å². The molecule has 0 fully saturated rings. The van der Waals surface area contributed by atoms with Gasteiger partial charge in [-0.2, -0.15) is 4.57 Å². The van der Waals surface area contributed by atoms with E-state index in [9.17, 15) is 0 Å². The van der Waals surface area contributed by atoms with Gasteiger partial charge >= 0.3 is 0 Å². The molecule has 0 spiro atoms. The Kier molecular flexibility index (Phi) is 3.89. The highest BCUT2D eigenvalue weighted by Crippen LogP contribution is 2.20. The molecule has 2 heterocycles. The first-order valence-electron chi connectivity index (χ1n) is 5.67. The lowest BCUT2D eigenvalue weighted by Crippen LogP contribution is -3.00. The summed E-state index contributed by atoms with van der Waals surface area (Å²) in [6.45, 7) is 0.722. The van der Waals surface area contributed by atoms with Gasteiger partial charge in [0.2, 0.25) is 5.52 Å². The molecule has 0 amide bonds. The zero-order chi connectivity index (χ0) is 11.7. The van der Waals surface area contributed by atoms with E-state index in [1.54, 1.807) is 6.20 Å². The number of aliphatic hydroxyl groups is 1. The van der Waals surface area contributed by atoms with E-state index in [4.69, 9.17) is 5.11 Å². The van der Waals surface area contributed by atoms with Crippen LogP contribution in [-0.4, -0.2) is 16.7 Å². The lowest BCUT2D eigenvalue weighted by Gasteiger charge is -2.03. The molecule has 3 aromatic rings. The Morgan fingerprint density at radius 2 is 1.83 bits per heavy atom. The number of benzene rings is 1. The summed E-state index contributed by atoms with van der Waals surface area (Å²) >= 11 is 0. The first-order chi connectivity index (χ1) is 8.40. The molecule has 0 aliphatic carbocycles. The van der Waals surface area contributed by atoms with Crippen molar-refractivity contribution in [2.75, 3.05) is 6.61 Å². The van der Waals surface area contributed by atoms with E-state index in [0.29, 0.717) is 6.54 Å². The molecule has 3 nitrogen and oxygen atoms in total. The van der Waals surface area contributed by atoms with Crippen LogP contribution in [0, 0.1) is 0 Å². The van der Waals surface area contributed by atoms with Crippen molar-refractivity contribution in [3.63, 3.8) is 0 Å². The summed E-state index contributed by atoms with van der Waals surface area (Å²) in [5.74, 6) is 0. The first-order valence-corrected chi connectivity index (χ1v) is 5.67. The molecular weight excluding hydrogens is 292 g/mol. The minimum absolute atomic E-state index is 0. The Labute approximate surface area is 115 Å². The lowest BCUT2D eigenvalue weighted by molar-refractivity contribution is -0.671. The van der Waals surface area contributed by atoms with Crippen LogP contribution in [-0.2, 0) is 6.54 Å². The van der Waals surface area contributed by atoms with E-state index in [1.807, 2.05) is 29.0 Å². The average molecular weight is 305 g/mol. The Morgan fingerprint density at radius 1 is 1.06 bits per heavy atom. The molecule has 92 valence electrons. The molecular formula is C14H13BrN2O. The van der Waals surface area contributed by atoms with Gasteiger partial charge in [-0.15, -0.1) is 0 Å². The normalized spacial score (nSPS) is 10.5. The van der Waals surface area contributed by atoms with Gasteiger partial charge in [-0.05, 0) is 12.1 Å². The number of aliphatic hydroxyl groups excluding tert-OH is 1. The second-order valence-electron chi connectivity index (χ2n) is 4.00. The van der Waals surface area contributed by atoms with Crippen molar-refractivity contribution in [1.82, 2.24) is 4.98 Å². The Hall–Kier alpha value is -1.52. The summed E-state index contributed by atoms with van der Waals surface area (Å²) in [4.78, 5) is 4.37. The summed E-state index contributed by atoms with van der Waals surface area (Å²) < 4.78 is 2.05. The Balaban J connectivity index is 0.00000120. The number of halogens is 1. The highest BCUT2D eigenvalue weighted by atomic mass is 79.9. The molecule has 0 atom stereocenters. The standard InChI is InChI=1S/C14H13N2O.BrH/c17-9-8-16-10-13-11(5-3-7-15-13)12-4-1-2-6-14(12)16;/h1-7,10,17H,8-9H2;1H/q+1;/p-1. The smallest absolute Gasteiger partial charge is 0.213 e. The fraction of sp³-hybridized carbons (Fsp3) is 0.143. The predicted octanol–water partition coefficient (Wildman–Crippen LogP) is -1.33. The maximum atomic E-state index is 9.11. The molecule has 0 aliphatic heterocycles. The molecule has 1 N–H and O–H groups in total. The van der Waals surface area contributed by atoms with Crippen LogP contribution in [0.15, 0.2) is 48.8 Å². The average Bonchev–Trinajstić information content (AvgIpc) is 2.39. The Bertz CT molecular complexity index is 685. The third-order valence-electron chi connectivity index (χ3n) is 2.96. The van der Waals surface area contributed by atoms with E-state index in [-0.39, 0.29) is 23.6 Å². The number of para-hydroxylation sites is 1. The number of hydrogen-bond acceptors (Lipinski definition) is 2. The number of rotatable bonds is 2. The zero-order valence-corrected chi connectivity index (χ0v) is 11.3. The van der Waals surface area contributed by atoms with Gasteiger partial charge in [0.1, 0.15) is 12.1 Å². The third-order valence-corrected chi connectivity index (χ3v) is 2.96. The van der Waals surface area contributed by atoms with Crippen molar-refractivity contribution in [2.24, 2.45) is 0 Å². The van der Waals surface area contributed by atoms with Crippen molar-refractivity contribution in [3.05, 3.63) is 48.8 Å². The molecule has 18 heavy (non-hydrogen) atoms. The molecule has 2 aromatic heterocycles. The molecule has 4 heteroatoms. The van der Waals surface area contributed by atoms with Crippen molar-refractivity contribution in [2.45, 2.75) is 6.54 Å². The number of aromatic nitrogens is 2. The lowest BCUT2D eigenvalue weighted by atomic mass is 10.1. The molecule has 0 saturated heterocycles. The summed E-state index contributed by atoms with van der Waals surface area (Å²) in [5.41, 5.74) is 2.08. The summed E-state index contributed by atoms with van der Waals surface area (Å²) in [6.07, 6.45) is 3.79. The van der Waals surface area contributed by atoms with Crippen LogP contribution < -0.4 is 21.5 Å². The molecule has 0 radical (unpaired) electrons. The Morgan fingerprint density at radius 3 is 2.67 bits per heavy atom. The maximum Gasteiger partial charge on any atom is 0.213 e. The van der Waals surface area contributed by atoms with E-state index >= 15 is 0 Å². The minimum Gasteiger partial charge on any atom is -1.00 e. The topological polar surface area (TPSA) is 37.0 Å². The number of fused-ring (bicyclic) bond motifs is 3. The van der Waals surface area contributed by atoms with Gasteiger partial charge in [-0.3, -0.25) is 0 Å². The molecule has 1 aromatic carbocycles. The van der Waals surface area contributed by atoms with Gasteiger partial charge in [0, 0.05) is 17.6 Å². The minimum atomic E-state index is 0. The van der Waals surface area contributed by atoms with Gasteiger partial charge in [0.15, 0.2) is 12.7 Å². The van der Waals surface area contributed by atoms with Crippen molar-refractivity contribution < 1.29 is 26.7 Å². The van der Waals surface area contributed by atoms with Crippen molar-refractivity contribution in [1.29, 1.82) is 0 Å². The van der Waals surface area contributed by atoms with E-state index in [0.717, 1.165) is 16.4 Å². The van der Waals surface area contributed by atoms with Crippen molar-refractivity contribution in [3.8, 4) is 0 Å². The van der Waals surface area contributed by atoms with Crippen LogP contribution in [0.4, 0.5) is 0 Å². The zero-order valence-electron chi connectivity index (χ0n) is 9.75. The van der Waals surface area contributed by atoms with Crippen LogP contribution >= 0.6 is 0 Å². The van der Waals surface area contributed by atoms with Crippen LogP contribution in [0.5, 0.6) is 0 Å². The summed E-state index contributed by atoms with van der Waals surface area (Å²) in [7, 11) is 0. The number of pyridine rings is 2. The molecule has 0 unspecified atom stereocenters. The molecule has 0 aliphatic rings. The fourth-order valence-electron chi connectivity index (χ4n) is 2.21. The largest absolute Gasteiger partial charge is 1.00 e. The van der Waals surface area contributed by atoms with Gasteiger partial charge in [-0.25, -0.2) is 4.98 Å². The van der Waals surface area contributed by atoms with Crippen LogP contribution in [0.2, 0.25) is 0 Å². The second kappa shape index (κ2) is 5.42. The van der Waals surface area contributed by atoms with Crippen LogP contribution in [0.3, 0.4) is 0 Å². The van der Waals surface area contributed by atoms with Crippen LogP contribution in [0.25, 0.3) is 21.8 Å². The maximum absolute atomic E-state index is 9.11. The van der Waals surface area contributed by atoms with Crippen molar-refractivity contribution >= 4 is 21.8 Å². The SMILES string of the molecule is OCC[n+]1cc2ncccc2c2ccccc21.[Br-]. The monoisotopic (exact) mass is 304 g/mol. The van der Waals surface area contributed by atoms with Gasteiger partial charge in [0.05, 0.1) is 5.39 Å². The third kappa shape index (κ3) is 2.09. The summed E-state index contributed by atoms with van der Waals surface area (Å²) in [6, 6.07) is 12.2. The second-order valence-corrected chi connectivity index (χ2v) is 4.00. The first kappa shape index (κ1) is 12.9. The quantitative estimate of drug-likeness (QED) is 0.471. The fourth-order valence-corrected chi connectivity index (χ4v) is 2.21. The highest BCUT2D eigenvalue weighted by molar-refractivity contribution is 6.02. The molecule has 3 rings (SSSR count). The van der Waals surface area contributed by atoms with E-state index < -0.39 is 0 Å². The number of hydrogen-bond donors (Lipinski definition) is 1. The van der Waals surface area contributed by atoms with Crippen LogP contribution in [0.1, 0.15) is 0 Å². The summed E-state index contributed by atoms with van der Waals surface area (Å²) in [5, 5.41) is 11.4.